The van der Waals surface area contributed by atoms with Crippen molar-refractivity contribution in [3.05, 3.63) is 30.4 Å². The lowest BCUT2D eigenvalue weighted by molar-refractivity contribution is -0.117. The molecule has 1 aromatic carbocycles. The van der Waals surface area contributed by atoms with Crippen molar-refractivity contribution < 1.29 is 9.18 Å². The quantitative estimate of drug-likeness (QED) is 0.927. The number of amides is 1. The molecule has 2 heterocycles. The number of halogens is 1. The van der Waals surface area contributed by atoms with Gasteiger partial charge in [0.2, 0.25) is 5.91 Å². The first kappa shape index (κ1) is 14.3. The zero-order valence-electron chi connectivity index (χ0n) is 12.3. The zero-order valence-corrected chi connectivity index (χ0v) is 12.3. The summed E-state index contributed by atoms with van der Waals surface area (Å²) in [7, 11) is 1.91. The minimum absolute atomic E-state index is 0.0424. The lowest BCUT2D eigenvalue weighted by atomic mass is 10.0. The van der Waals surface area contributed by atoms with E-state index in [1.807, 2.05) is 11.9 Å². The molecule has 1 fully saturated rings. The van der Waals surface area contributed by atoms with E-state index < -0.39 is 0 Å². The van der Waals surface area contributed by atoms with Crippen molar-refractivity contribution >= 4 is 17.3 Å². The Morgan fingerprint density at radius 2 is 2.10 bits per heavy atom. The second kappa shape index (κ2) is 6.02. The SMILES string of the molecule is CN1c2ccc(F)cc2NC(=O)C1CCN1CC[CH]CC1. The molecule has 21 heavy (non-hydrogen) atoms. The van der Waals surface area contributed by atoms with E-state index in [0.717, 1.165) is 44.6 Å². The number of likely N-dealkylation sites (tertiary alicyclic amines) is 1. The molecule has 1 aromatic rings. The molecule has 113 valence electrons. The largest absolute Gasteiger partial charge is 0.361 e. The second-order valence-corrected chi connectivity index (χ2v) is 5.77. The van der Waals surface area contributed by atoms with E-state index in [-0.39, 0.29) is 17.8 Å². The third-order valence-corrected chi connectivity index (χ3v) is 4.38. The Morgan fingerprint density at radius 3 is 2.86 bits per heavy atom. The summed E-state index contributed by atoms with van der Waals surface area (Å²) in [5.41, 5.74) is 1.44. The number of fused-ring (bicyclic) bond motifs is 1. The van der Waals surface area contributed by atoms with Crippen LogP contribution in [0.25, 0.3) is 0 Å². The fourth-order valence-electron chi connectivity index (χ4n) is 3.13. The standard InChI is InChI=1S/C16H21FN3O/c1-19-14-6-5-12(17)11-13(14)18-16(21)15(19)7-10-20-8-3-2-4-9-20/h2,5-6,11,15H,3-4,7-10H2,1H3,(H,18,21). The van der Waals surface area contributed by atoms with Crippen LogP contribution in [-0.2, 0) is 4.79 Å². The minimum Gasteiger partial charge on any atom is -0.361 e. The van der Waals surface area contributed by atoms with Gasteiger partial charge in [-0.25, -0.2) is 4.39 Å². The van der Waals surface area contributed by atoms with E-state index in [1.54, 1.807) is 6.07 Å². The molecule has 0 aromatic heterocycles. The van der Waals surface area contributed by atoms with Gasteiger partial charge in [0, 0.05) is 13.6 Å². The summed E-state index contributed by atoms with van der Waals surface area (Å²) in [6, 6.07) is 4.35. The van der Waals surface area contributed by atoms with Gasteiger partial charge >= 0.3 is 0 Å². The van der Waals surface area contributed by atoms with Crippen LogP contribution in [0.2, 0.25) is 0 Å². The maximum atomic E-state index is 13.3. The fraction of sp³-hybridized carbons (Fsp3) is 0.500. The van der Waals surface area contributed by atoms with Crippen LogP contribution in [0.4, 0.5) is 15.8 Å². The van der Waals surface area contributed by atoms with E-state index in [1.165, 1.54) is 12.1 Å². The molecule has 3 rings (SSSR count). The van der Waals surface area contributed by atoms with Crippen LogP contribution >= 0.6 is 0 Å². The van der Waals surface area contributed by atoms with Crippen molar-refractivity contribution in [3.63, 3.8) is 0 Å². The van der Waals surface area contributed by atoms with Crippen molar-refractivity contribution in [3.8, 4) is 0 Å². The van der Waals surface area contributed by atoms with Crippen molar-refractivity contribution in [1.82, 2.24) is 4.90 Å². The van der Waals surface area contributed by atoms with Crippen LogP contribution in [0.1, 0.15) is 19.3 Å². The molecule has 1 amide bonds. The van der Waals surface area contributed by atoms with Crippen LogP contribution in [0.3, 0.4) is 0 Å². The summed E-state index contributed by atoms with van der Waals surface area (Å²) >= 11 is 0. The normalized spacial score (nSPS) is 22.9. The number of piperidine rings is 1. The van der Waals surface area contributed by atoms with Gasteiger partial charge in [0.15, 0.2) is 0 Å². The van der Waals surface area contributed by atoms with Crippen LogP contribution in [0, 0.1) is 12.2 Å². The van der Waals surface area contributed by atoms with Crippen LogP contribution in [0.5, 0.6) is 0 Å². The molecular weight excluding hydrogens is 269 g/mol. The molecular formula is C16H21FN3O. The van der Waals surface area contributed by atoms with Gasteiger partial charge in [0.25, 0.3) is 0 Å². The van der Waals surface area contributed by atoms with E-state index in [2.05, 4.69) is 16.6 Å². The van der Waals surface area contributed by atoms with Crippen molar-refractivity contribution in [2.24, 2.45) is 0 Å². The number of nitrogens with one attached hydrogen (secondary N) is 1. The molecule has 2 aliphatic rings. The molecule has 2 aliphatic heterocycles. The van der Waals surface area contributed by atoms with Crippen molar-refractivity contribution in [2.75, 3.05) is 36.9 Å². The molecule has 1 N–H and O–H groups in total. The number of hydrogen-bond donors (Lipinski definition) is 1. The van der Waals surface area contributed by atoms with Gasteiger partial charge in [-0.1, -0.05) is 0 Å². The number of rotatable bonds is 3. The molecule has 0 bridgehead atoms. The van der Waals surface area contributed by atoms with E-state index >= 15 is 0 Å². The summed E-state index contributed by atoms with van der Waals surface area (Å²) in [5.74, 6) is -0.371. The third kappa shape index (κ3) is 3.02. The average molecular weight is 290 g/mol. The van der Waals surface area contributed by atoms with Crippen LogP contribution < -0.4 is 10.2 Å². The fourth-order valence-corrected chi connectivity index (χ4v) is 3.13. The number of hydrogen-bond acceptors (Lipinski definition) is 3. The number of anilines is 2. The summed E-state index contributed by atoms with van der Waals surface area (Å²) in [6.07, 6.45) is 5.38. The molecule has 1 atom stereocenters. The maximum absolute atomic E-state index is 13.3. The first-order valence-electron chi connectivity index (χ1n) is 7.52. The average Bonchev–Trinajstić information content (AvgIpc) is 2.47. The summed E-state index contributed by atoms with van der Waals surface area (Å²) < 4.78 is 13.3. The predicted octanol–water partition coefficient (Wildman–Crippen LogP) is 2.27. The van der Waals surface area contributed by atoms with E-state index in [9.17, 15) is 9.18 Å². The first-order valence-corrected chi connectivity index (χ1v) is 7.52. The maximum Gasteiger partial charge on any atom is 0.247 e. The van der Waals surface area contributed by atoms with Gasteiger partial charge in [-0.05, 0) is 57.0 Å². The van der Waals surface area contributed by atoms with Gasteiger partial charge in [-0.15, -0.1) is 0 Å². The lowest BCUT2D eigenvalue weighted by Crippen LogP contribution is -2.48. The van der Waals surface area contributed by atoms with Gasteiger partial charge in [0.05, 0.1) is 11.4 Å². The smallest absolute Gasteiger partial charge is 0.247 e. The Labute approximate surface area is 124 Å². The Balaban J connectivity index is 1.68. The van der Waals surface area contributed by atoms with Crippen molar-refractivity contribution in [2.45, 2.75) is 25.3 Å². The first-order chi connectivity index (χ1) is 10.1. The van der Waals surface area contributed by atoms with Gasteiger partial charge in [-0.2, -0.15) is 0 Å². The highest BCUT2D eigenvalue weighted by atomic mass is 19.1. The molecule has 4 nitrogen and oxygen atoms in total. The lowest BCUT2D eigenvalue weighted by Gasteiger charge is -2.36. The Bertz CT molecular complexity index is 528. The molecule has 1 radical (unpaired) electrons. The number of carbonyl (C=O) groups excluding carboxylic acids is 1. The summed E-state index contributed by atoms with van der Waals surface area (Å²) in [6.45, 7) is 3.09. The Hall–Kier alpha value is -1.62. The highest BCUT2D eigenvalue weighted by molar-refractivity contribution is 6.03. The van der Waals surface area contributed by atoms with Gasteiger partial charge in [-0.3, -0.25) is 4.79 Å². The Morgan fingerprint density at radius 1 is 1.33 bits per heavy atom. The van der Waals surface area contributed by atoms with Crippen LogP contribution in [-0.4, -0.2) is 43.5 Å². The van der Waals surface area contributed by atoms with Gasteiger partial charge < -0.3 is 15.1 Å². The molecule has 5 heteroatoms. The number of likely N-dealkylation sites (N-methyl/N-ethyl adjacent to an activating group) is 1. The third-order valence-electron chi connectivity index (χ3n) is 4.38. The highest BCUT2D eigenvalue weighted by Crippen LogP contribution is 2.32. The monoisotopic (exact) mass is 290 g/mol. The van der Waals surface area contributed by atoms with E-state index in [4.69, 9.17) is 0 Å². The van der Waals surface area contributed by atoms with E-state index in [0.29, 0.717) is 5.69 Å². The van der Waals surface area contributed by atoms with Gasteiger partial charge in [0.1, 0.15) is 11.9 Å². The molecule has 1 saturated heterocycles. The zero-order chi connectivity index (χ0) is 14.8. The molecule has 0 aliphatic carbocycles. The molecule has 0 saturated carbocycles. The summed E-state index contributed by atoms with van der Waals surface area (Å²) in [5, 5.41) is 2.82. The number of nitrogens with zero attached hydrogens (tertiary/aromatic N) is 2. The Kier molecular flexibility index (Phi) is 4.10. The topological polar surface area (TPSA) is 35.6 Å². The van der Waals surface area contributed by atoms with Crippen LogP contribution in [0.15, 0.2) is 18.2 Å². The highest BCUT2D eigenvalue weighted by Gasteiger charge is 2.30. The summed E-state index contributed by atoms with van der Waals surface area (Å²) in [4.78, 5) is 16.6. The predicted molar refractivity (Wildman–Crippen MR) is 81.8 cm³/mol. The number of carbonyl (C=O) groups is 1. The number of benzene rings is 1. The van der Waals surface area contributed by atoms with Crippen molar-refractivity contribution in [1.29, 1.82) is 0 Å². The second-order valence-electron chi connectivity index (χ2n) is 5.77. The minimum atomic E-state index is -0.328. The molecule has 1 unspecified atom stereocenters. The molecule has 0 spiro atoms.